The van der Waals surface area contributed by atoms with Crippen LogP contribution in [0.3, 0.4) is 0 Å². The Hall–Kier alpha value is -0.970. The second-order valence-electron chi connectivity index (χ2n) is 3.26. The Morgan fingerprint density at radius 1 is 1.33 bits per heavy atom. The number of alkyl carbamates (subject to hydrolysis) is 1. The number of amides is 1. The van der Waals surface area contributed by atoms with Gasteiger partial charge in [0.15, 0.2) is 0 Å². The number of hydrogen-bond donors (Lipinski definition) is 1. The van der Waals surface area contributed by atoms with E-state index in [2.05, 4.69) is 10.1 Å². The number of esters is 1. The SMILES string of the molecule is CC(C)COC(=O)CNC(=O)OCCCl. The Balaban J connectivity index is 3.49. The number of halogens is 1. The molecule has 88 valence electrons. The molecule has 0 aromatic rings. The lowest BCUT2D eigenvalue weighted by Crippen LogP contribution is -2.32. The van der Waals surface area contributed by atoms with E-state index in [-0.39, 0.29) is 24.9 Å². The first-order chi connectivity index (χ1) is 7.06. The smallest absolute Gasteiger partial charge is 0.407 e. The van der Waals surface area contributed by atoms with Gasteiger partial charge in [-0.25, -0.2) is 4.79 Å². The number of alkyl halides is 1. The lowest BCUT2D eigenvalue weighted by Gasteiger charge is -2.08. The van der Waals surface area contributed by atoms with E-state index in [1.807, 2.05) is 13.8 Å². The van der Waals surface area contributed by atoms with Crippen LogP contribution in [0.5, 0.6) is 0 Å². The molecule has 0 aliphatic rings. The van der Waals surface area contributed by atoms with Crippen molar-refractivity contribution in [2.75, 3.05) is 25.6 Å². The van der Waals surface area contributed by atoms with Crippen LogP contribution < -0.4 is 5.32 Å². The summed E-state index contributed by atoms with van der Waals surface area (Å²) in [6, 6.07) is 0. The van der Waals surface area contributed by atoms with E-state index in [4.69, 9.17) is 16.3 Å². The van der Waals surface area contributed by atoms with Crippen molar-refractivity contribution >= 4 is 23.7 Å². The van der Waals surface area contributed by atoms with Gasteiger partial charge in [0.25, 0.3) is 0 Å². The van der Waals surface area contributed by atoms with Crippen molar-refractivity contribution in [1.29, 1.82) is 0 Å². The van der Waals surface area contributed by atoms with Crippen molar-refractivity contribution in [1.82, 2.24) is 5.32 Å². The molecule has 0 radical (unpaired) electrons. The van der Waals surface area contributed by atoms with Gasteiger partial charge >= 0.3 is 12.1 Å². The molecule has 0 unspecified atom stereocenters. The van der Waals surface area contributed by atoms with Crippen LogP contribution in [0.1, 0.15) is 13.8 Å². The summed E-state index contributed by atoms with van der Waals surface area (Å²) in [6.07, 6.45) is -0.669. The minimum absolute atomic E-state index is 0.119. The molecule has 0 fully saturated rings. The third-order valence-corrected chi connectivity index (χ3v) is 1.42. The highest BCUT2D eigenvalue weighted by Gasteiger charge is 2.07. The summed E-state index contributed by atoms with van der Waals surface area (Å²) in [4.78, 5) is 21.9. The van der Waals surface area contributed by atoms with Crippen LogP contribution >= 0.6 is 11.6 Å². The number of rotatable bonds is 6. The first kappa shape index (κ1) is 14.0. The zero-order chi connectivity index (χ0) is 11.7. The zero-order valence-electron chi connectivity index (χ0n) is 8.92. The Morgan fingerprint density at radius 2 is 2.00 bits per heavy atom. The molecule has 0 aromatic carbocycles. The summed E-state index contributed by atoms with van der Waals surface area (Å²) in [6.45, 7) is 4.13. The molecule has 15 heavy (non-hydrogen) atoms. The maximum atomic E-state index is 11.0. The fraction of sp³-hybridized carbons (Fsp3) is 0.778. The number of ether oxygens (including phenoxy) is 2. The number of carbonyl (C=O) groups excluding carboxylic acids is 2. The molecule has 0 saturated heterocycles. The van der Waals surface area contributed by atoms with Crippen molar-refractivity contribution in [2.24, 2.45) is 5.92 Å². The summed E-state index contributed by atoms with van der Waals surface area (Å²) >= 11 is 5.30. The third-order valence-electron chi connectivity index (χ3n) is 1.27. The van der Waals surface area contributed by atoms with Gasteiger partial charge in [-0.15, -0.1) is 11.6 Å². The van der Waals surface area contributed by atoms with Gasteiger partial charge in [0.1, 0.15) is 13.2 Å². The van der Waals surface area contributed by atoms with E-state index in [1.54, 1.807) is 0 Å². The molecule has 0 bridgehead atoms. The maximum Gasteiger partial charge on any atom is 0.407 e. The Bertz CT molecular complexity index is 208. The lowest BCUT2D eigenvalue weighted by atomic mass is 10.2. The number of hydrogen-bond acceptors (Lipinski definition) is 4. The van der Waals surface area contributed by atoms with E-state index in [1.165, 1.54) is 0 Å². The highest BCUT2D eigenvalue weighted by molar-refractivity contribution is 6.18. The van der Waals surface area contributed by atoms with Gasteiger partial charge in [-0.05, 0) is 5.92 Å². The van der Waals surface area contributed by atoms with Crippen LogP contribution in [-0.4, -0.2) is 37.7 Å². The molecule has 0 rings (SSSR count). The average molecular weight is 238 g/mol. The second kappa shape index (κ2) is 8.35. The van der Waals surface area contributed by atoms with E-state index in [0.29, 0.717) is 6.61 Å². The quantitative estimate of drug-likeness (QED) is 0.556. The Morgan fingerprint density at radius 3 is 2.53 bits per heavy atom. The number of carbonyl (C=O) groups is 2. The van der Waals surface area contributed by atoms with Crippen LogP contribution in [0.15, 0.2) is 0 Å². The highest BCUT2D eigenvalue weighted by Crippen LogP contribution is 1.92. The molecule has 0 spiro atoms. The summed E-state index contributed by atoms with van der Waals surface area (Å²) in [7, 11) is 0. The van der Waals surface area contributed by atoms with Crippen LogP contribution in [0.25, 0.3) is 0 Å². The zero-order valence-corrected chi connectivity index (χ0v) is 9.67. The monoisotopic (exact) mass is 237 g/mol. The summed E-state index contributed by atoms with van der Waals surface area (Å²) in [5, 5.41) is 2.25. The molecule has 6 heteroatoms. The van der Waals surface area contributed by atoms with Gasteiger partial charge in [-0.1, -0.05) is 13.8 Å². The fourth-order valence-electron chi connectivity index (χ4n) is 0.637. The van der Waals surface area contributed by atoms with Crippen LogP contribution in [0.4, 0.5) is 4.79 Å². The normalized spacial score (nSPS) is 9.87. The van der Waals surface area contributed by atoms with Gasteiger partial charge in [0, 0.05) is 0 Å². The molecule has 0 atom stereocenters. The van der Waals surface area contributed by atoms with E-state index >= 15 is 0 Å². The molecular weight excluding hydrogens is 222 g/mol. The Labute approximate surface area is 94.1 Å². The topological polar surface area (TPSA) is 64.6 Å². The first-order valence-corrected chi connectivity index (χ1v) is 5.22. The molecule has 0 aliphatic heterocycles. The van der Waals surface area contributed by atoms with Crippen molar-refractivity contribution < 1.29 is 19.1 Å². The van der Waals surface area contributed by atoms with Gasteiger partial charge in [0.2, 0.25) is 0 Å². The van der Waals surface area contributed by atoms with E-state index in [9.17, 15) is 9.59 Å². The van der Waals surface area contributed by atoms with Crippen LogP contribution in [0.2, 0.25) is 0 Å². The van der Waals surface area contributed by atoms with Crippen LogP contribution in [-0.2, 0) is 14.3 Å². The van der Waals surface area contributed by atoms with Crippen LogP contribution in [0, 0.1) is 5.92 Å². The fourth-order valence-corrected chi connectivity index (χ4v) is 0.714. The second-order valence-corrected chi connectivity index (χ2v) is 3.63. The van der Waals surface area contributed by atoms with Crippen molar-refractivity contribution in [3.05, 3.63) is 0 Å². The van der Waals surface area contributed by atoms with Crippen molar-refractivity contribution in [2.45, 2.75) is 13.8 Å². The molecule has 1 N–H and O–H groups in total. The predicted molar refractivity (Wildman–Crippen MR) is 55.9 cm³/mol. The van der Waals surface area contributed by atoms with Crippen molar-refractivity contribution in [3.63, 3.8) is 0 Å². The molecule has 5 nitrogen and oxygen atoms in total. The van der Waals surface area contributed by atoms with E-state index < -0.39 is 12.1 Å². The predicted octanol–water partition coefficient (Wildman–Crippen LogP) is 1.15. The van der Waals surface area contributed by atoms with E-state index in [0.717, 1.165) is 0 Å². The summed E-state index contributed by atoms with van der Waals surface area (Å²) in [5.74, 6) is 0.0225. The molecule has 0 saturated carbocycles. The molecule has 0 aliphatic carbocycles. The standard InChI is InChI=1S/C9H16ClNO4/c1-7(2)6-15-8(12)5-11-9(13)14-4-3-10/h7H,3-6H2,1-2H3,(H,11,13). The third kappa shape index (κ3) is 9.34. The number of nitrogens with one attached hydrogen (secondary N) is 1. The maximum absolute atomic E-state index is 11.0. The van der Waals surface area contributed by atoms with Crippen molar-refractivity contribution in [3.8, 4) is 0 Å². The molecule has 1 amide bonds. The minimum atomic E-state index is -0.669. The molecule has 0 aromatic heterocycles. The minimum Gasteiger partial charge on any atom is -0.464 e. The van der Waals surface area contributed by atoms with Gasteiger partial charge in [0.05, 0.1) is 12.5 Å². The average Bonchev–Trinajstić information content (AvgIpc) is 2.20. The summed E-state index contributed by atoms with van der Waals surface area (Å²) in [5.41, 5.74) is 0. The summed E-state index contributed by atoms with van der Waals surface area (Å²) < 4.78 is 9.40. The first-order valence-electron chi connectivity index (χ1n) is 4.68. The lowest BCUT2D eigenvalue weighted by molar-refractivity contribution is -0.143. The molecular formula is C9H16ClNO4. The van der Waals surface area contributed by atoms with Gasteiger partial charge in [-0.2, -0.15) is 0 Å². The highest BCUT2D eigenvalue weighted by atomic mass is 35.5. The Kier molecular flexibility index (Phi) is 7.81. The molecule has 0 heterocycles. The largest absolute Gasteiger partial charge is 0.464 e. The van der Waals surface area contributed by atoms with Gasteiger partial charge < -0.3 is 14.8 Å². The van der Waals surface area contributed by atoms with Gasteiger partial charge in [-0.3, -0.25) is 4.79 Å².